The third-order valence-corrected chi connectivity index (χ3v) is 5.04. The summed E-state index contributed by atoms with van der Waals surface area (Å²) in [7, 11) is 0. The Balaban J connectivity index is 2.29. The first kappa shape index (κ1) is 14.8. The summed E-state index contributed by atoms with van der Waals surface area (Å²) < 4.78 is 0.714. The van der Waals surface area contributed by atoms with E-state index >= 15 is 0 Å². The molecule has 2 atom stereocenters. The third kappa shape index (κ3) is 2.96. The molecule has 2 unspecified atom stereocenters. The van der Waals surface area contributed by atoms with Gasteiger partial charge in [-0.05, 0) is 46.8 Å². The average molecular weight is 347 g/mol. The lowest BCUT2D eigenvalue weighted by Crippen LogP contribution is -2.49. The third-order valence-electron chi connectivity index (χ3n) is 3.75. The first-order chi connectivity index (χ1) is 9.06. The summed E-state index contributed by atoms with van der Waals surface area (Å²) in [6.07, 6.45) is 2.01. The number of hydrogen-bond acceptors (Lipinski definition) is 2. The van der Waals surface area contributed by atoms with Crippen LogP contribution in [-0.2, 0) is 0 Å². The summed E-state index contributed by atoms with van der Waals surface area (Å²) in [6.45, 7) is 2.75. The SMILES string of the molecule is CC1CCCN(C(=O)c2cccc(Br)c2Cl)C1CO. The van der Waals surface area contributed by atoms with E-state index in [1.54, 1.807) is 17.0 Å². The number of carbonyl (C=O) groups excluding carboxylic acids is 1. The molecule has 0 aliphatic carbocycles. The van der Waals surface area contributed by atoms with Crippen molar-refractivity contribution in [2.45, 2.75) is 25.8 Å². The zero-order valence-electron chi connectivity index (χ0n) is 10.8. The van der Waals surface area contributed by atoms with Crippen molar-refractivity contribution in [1.82, 2.24) is 4.90 Å². The fourth-order valence-corrected chi connectivity index (χ4v) is 3.18. The van der Waals surface area contributed by atoms with Gasteiger partial charge >= 0.3 is 0 Å². The standard InChI is InChI=1S/C14H17BrClNO2/c1-9-4-3-7-17(12(9)8-18)14(19)10-5-2-6-11(15)13(10)16/h2,5-6,9,12,18H,3-4,7-8H2,1H3. The predicted octanol–water partition coefficient (Wildman–Crippen LogP) is 3.34. The molecule has 19 heavy (non-hydrogen) atoms. The number of piperidine rings is 1. The molecule has 104 valence electrons. The predicted molar refractivity (Wildman–Crippen MR) is 79.5 cm³/mol. The molecule has 0 aromatic heterocycles. The van der Waals surface area contributed by atoms with E-state index in [1.165, 1.54) is 0 Å². The number of likely N-dealkylation sites (tertiary alicyclic amines) is 1. The van der Waals surface area contributed by atoms with Crippen LogP contribution in [0.5, 0.6) is 0 Å². The van der Waals surface area contributed by atoms with Gasteiger partial charge in [-0.15, -0.1) is 0 Å². The lowest BCUT2D eigenvalue weighted by Gasteiger charge is -2.39. The van der Waals surface area contributed by atoms with Crippen molar-refractivity contribution >= 4 is 33.4 Å². The van der Waals surface area contributed by atoms with Gasteiger partial charge in [-0.2, -0.15) is 0 Å². The maximum Gasteiger partial charge on any atom is 0.255 e. The highest BCUT2D eigenvalue weighted by Crippen LogP contribution is 2.30. The van der Waals surface area contributed by atoms with Crippen LogP contribution in [-0.4, -0.2) is 35.1 Å². The Morgan fingerprint density at radius 2 is 2.32 bits per heavy atom. The summed E-state index contributed by atoms with van der Waals surface area (Å²) >= 11 is 9.51. The number of aliphatic hydroxyl groups is 1. The van der Waals surface area contributed by atoms with Crippen molar-refractivity contribution in [1.29, 1.82) is 0 Å². The van der Waals surface area contributed by atoms with E-state index in [4.69, 9.17) is 11.6 Å². The second-order valence-corrected chi connectivity index (χ2v) is 6.20. The molecule has 0 radical (unpaired) electrons. The van der Waals surface area contributed by atoms with E-state index in [2.05, 4.69) is 22.9 Å². The van der Waals surface area contributed by atoms with E-state index in [1.807, 2.05) is 6.07 Å². The summed E-state index contributed by atoms with van der Waals surface area (Å²) in [6, 6.07) is 5.21. The molecule has 1 N–H and O–H groups in total. The van der Waals surface area contributed by atoms with Crippen LogP contribution < -0.4 is 0 Å². The molecule has 2 rings (SSSR count). The van der Waals surface area contributed by atoms with Crippen LogP contribution in [0.3, 0.4) is 0 Å². The second-order valence-electron chi connectivity index (χ2n) is 4.97. The number of halogens is 2. The molecule has 1 fully saturated rings. The van der Waals surface area contributed by atoms with Crippen LogP contribution in [0.4, 0.5) is 0 Å². The van der Waals surface area contributed by atoms with E-state index in [9.17, 15) is 9.90 Å². The van der Waals surface area contributed by atoms with Crippen molar-refractivity contribution in [3.63, 3.8) is 0 Å². The van der Waals surface area contributed by atoms with Crippen molar-refractivity contribution in [3.05, 3.63) is 33.3 Å². The van der Waals surface area contributed by atoms with Crippen LogP contribution in [0.1, 0.15) is 30.1 Å². The maximum absolute atomic E-state index is 12.6. The van der Waals surface area contributed by atoms with Gasteiger partial charge in [-0.3, -0.25) is 4.79 Å². The topological polar surface area (TPSA) is 40.5 Å². The Hall–Kier alpha value is -0.580. The summed E-state index contributed by atoms with van der Waals surface area (Å²) in [5.41, 5.74) is 0.489. The Labute approximate surface area is 126 Å². The van der Waals surface area contributed by atoms with E-state index in [-0.39, 0.29) is 18.6 Å². The summed E-state index contributed by atoms with van der Waals surface area (Å²) in [5.74, 6) is 0.213. The normalized spacial score (nSPS) is 23.5. The largest absolute Gasteiger partial charge is 0.394 e. The quantitative estimate of drug-likeness (QED) is 0.892. The van der Waals surface area contributed by atoms with Gasteiger partial charge in [0.15, 0.2) is 0 Å². The highest BCUT2D eigenvalue weighted by molar-refractivity contribution is 9.10. The van der Waals surface area contributed by atoms with Crippen LogP contribution in [0, 0.1) is 5.92 Å². The molecule has 3 nitrogen and oxygen atoms in total. The van der Waals surface area contributed by atoms with Gasteiger partial charge in [0.1, 0.15) is 0 Å². The van der Waals surface area contributed by atoms with Crippen molar-refractivity contribution in [2.24, 2.45) is 5.92 Å². The van der Waals surface area contributed by atoms with Crippen molar-refractivity contribution in [2.75, 3.05) is 13.2 Å². The molecule has 1 aliphatic heterocycles. The van der Waals surface area contributed by atoms with Crippen LogP contribution in [0.15, 0.2) is 22.7 Å². The number of nitrogens with zero attached hydrogens (tertiary/aromatic N) is 1. The molecule has 1 saturated heterocycles. The lowest BCUT2D eigenvalue weighted by atomic mass is 9.90. The number of benzene rings is 1. The van der Waals surface area contributed by atoms with Gasteiger partial charge in [0.2, 0.25) is 0 Å². The summed E-state index contributed by atoms with van der Waals surface area (Å²) in [5, 5.41) is 9.95. The van der Waals surface area contributed by atoms with Crippen LogP contribution in [0.25, 0.3) is 0 Å². The monoisotopic (exact) mass is 345 g/mol. The molecule has 1 amide bonds. The van der Waals surface area contributed by atoms with Crippen LogP contribution in [0.2, 0.25) is 5.02 Å². The van der Waals surface area contributed by atoms with E-state index in [0.29, 0.717) is 27.5 Å². The molecule has 0 spiro atoms. The molecule has 1 aliphatic rings. The lowest BCUT2D eigenvalue weighted by molar-refractivity contribution is 0.0358. The van der Waals surface area contributed by atoms with Gasteiger partial charge in [-0.1, -0.05) is 24.6 Å². The highest BCUT2D eigenvalue weighted by atomic mass is 79.9. The molecule has 0 saturated carbocycles. The average Bonchev–Trinajstić information content (AvgIpc) is 2.41. The van der Waals surface area contributed by atoms with Gasteiger partial charge < -0.3 is 10.0 Å². The first-order valence-electron chi connectivity index (χ1n) is 6.42. The molecular weight excluding hydrogens is 330 g/mol. The van der Waals surface area contributed by atoms with E-state index in [0.717, 1.165) is 12.8 Å². The Bertz CT molecular complexity index is 481. The highest BCUT2D eigenvalue weighted by Gasteiger charge is 2.32. The Kier molecular flexibility index (Phi) is 4.87. The molecule has 5 heteroatoms. The number of aliphatic hydroxyl groups excluding tert-OH is 1. The van der Waals surface area contributed by atoms with Gasteiger partial charge in [-0.25, -0.2) is 0 Å². The van der Waals surface area contributed by atoms with E-state index < -0.39 is 0 Å². The van der Waals surface area contributed by atoms with Crippen molar-refractivity contribution < 1.29 is 9.90 Å². The minimum Gasteiger partial charge on any atom is -0.394 e. The van der Waals surface area contributed by atoms with Crippen LogP contribution >= 0.6 is 27.5 Å². The fraction of sp³-hybridized carbons (Fsp3) is 0.500. The van der Waals surface area contributed by atoms with Crippen molar-refractivity contribution in [3.8, 4) is 0 Å². The minimum atomic E-state index is -0.115. The molecule has 1 heterocycles. The second kappa shape index (κ2) is 6.25. The molecule has 0 bridgehead atoms. The summed E-state index contributed by atoms with van der Waals surface area (Å²) in [4.78, 5) is 14.3. The zero-order valence-corrected chi connectivity index (χ0v) is 13.1. The van der Waals surface area contributed by atoms with Gasteiger partial charge in [0, 0.05) is 11.0 Å². The maximum atomic E-state index is 12.6. The molecular formula is C14H17BrClNO2. The zero-order chi connectivity index (χ0) is 14.0. The smallest absolute Gasteiger partial charge is 0.255 e. The molecule has 1 aromatic rings. The Morgan fingerprint density at radius 3 is 3.00 bits per heavy atom. The molecule has 1 aromatic carbocycles. The minimum absolute atomic E-state index is 0.00146. The van der Waals surface area contributed by atoms with Gasteiger partial charge in [0.05, 0.1) is 23.2 Å². The number of carbonyl (C=O) groups is 1. The fourth-order valence-electron chi connectivity index (χ4n) is 2.60. The van der Waals surface area contributed by atoms with Gasteiger partial charge in [0.25, 0.3) is 5.91 Å². The number of amides is 1. The number of rotatable bonds is 2. The first-order valence-corrected chi connectivity index (χ1v) is 7.59. The Morgan fingerprint density at radius 1 is 1.58 bits per heavy atom. The number of hydrogen-bond donors (Lipinski definition) is 1.